The largest absolute Gasteiger partial charge is 0.384 e. The van der Waals surface area contributed by atoms with E-state index in [1.54, 1.807) is 12.5 Å². The number of anilines is 1. The van der Waals surface area contributed by atoms with Gasteiger partial charge in [-0.2, -0.15) is 0 Å². The van der Waals surface area contributed by atoms with Crippen molar-refractivity contribution in [2.75, 3.05) is 11.9 Å². The van der Waals surface area contributed by atoms with Crippen LogP contribution >= 0.6 is 0 Å². The highest BCUT2D eigenvalue weighted by Gasteiger charge is 2.17. The van der Waals surface area contributed by atoms with E-state index in [-0.39, 0.29) is 0 Å². The Morgan fingerprint density at radius 2 is 2.10 bits per heavy atom. The predicted molar refractivity (Wildman–Crippen MR) is 81.0 cm³/mol. The van der Waals surface area contributed by atoms with Crippen LogP contribution in [0.25, 0.3) is 5.82 Å². The molecule has 1 aliphatic rings. The molecule has 4 nitrogen and oxygen atoms in total. The van der Waals surface area contributed by atoms with Crippen LogP contribution in [0.1, 0.15) is 32.6 Å². The van der Waals surface area contributed by atoms with E-state index in [1.807, 2.05) is 23.0 Å². The van der Waals surface area contributed by atoms with E-state index >= 15 is 0 Å². The molecule has 1 aliphatic carbocycles. The topological polar surface area (TPSA) is 42.7 Å². The average Bonchev–Trinajstić information content (AvgIpc) is 3.01. The number of aromatic nitrogens is 3. The Bertz CT molecular complexity index is 510. The van der Waals surface area contributed by atoms with Crippen LogP contribution in [-0.4, -0.2) is 21.1 Å². The second-order valence-electron chi connectivity index (χ2n) is 5.88. The summed E-state index contributed by atoms with van der Waals surface area (Å²) >= 11 is 0. The van der Waals surface area contributed by atoms with Gasteiger partial charge >= 0.3 is 0 Å². The molecule has 2 heterocycles. The van der Waals surface area contributed by atoms with Gasteiger partial charge in [-0.15, -0.1) is 0 Å². The number of hydrogen-bond acceptors (Lipinski definition) is 3. The van der Waals surface area contributed by atoms with Gasteiger partial charge in [-0.3, -0.25) is 4.57 Å². The quantitative estimate of drug-likeness (QED) is 0.924. The second kappa shape index (κ2) is 6.07. The van der Waals surface area contributed by atoms with Crippen molar-refractivity contribution in [3.8, 4) is 5.82 Å². The Hall–Kier alpha value is -1.84. The highest BCUT2D eigenvalue weighted by Crippen LogP contribution is 2.28. The number of hydrogen-bond donors (Lipinski definition) is 1. The first-order chi connectivity index (χ1) is 9.81. The number of rotatable bonds is 4. The van der Waals surface area contributed by atoms with Crippen LogP contribution in [0, 0.1) is 11.8 Å². The molecule has 106 valence electrons. The third-order valence-electron chi connectivity index (χ3n) is 4.25. The van der Waals surface area contributed by atoms with E-state index in [1.165, 1.54) is 25.7 Å². The van der Waals surface area contributed by atoms with Crippen molar-refractivity contribution < 1.29 is 0 Å². The fourth-order valence-corrected chi connectivity index (χ4v) is 2.83. The maximum atomic E-state index is 4.46. The Morgan fingerprint density at radius 3 is 2.75 bits per heavy atom. The summed E-state index contributed by atoms with van der Waals surface area (Å²) in [6.07, 6.45) is 12.8. The van der Waals surface area contributed by atoms with Crippen molar-refractivity contribution in [2.24, 2.45) is 11.8 Å². The van der Waals surface area contributed by atoms with Crippen LogP contribution in [0.4, 0.5) is 5.69 Å². The van der Waals surface area contributed by atoms with Gasteiger partial charge in [-0.1, -0.05) is 19.8 Å². The monoisotopic (exact) mass is 270 g/mol. The minimum atomic E-state index is 0.819. The van der Waals surface area contributed by atoms with Crippen molar-refractivity contribution in [1.82, 2.24) is 14.5 Å². The molecule has 0 bridgehead atoms. The molecule has 0 amide bonds. The zero-order valence-corrected chi connectivity index (χ0v) is 12.0. The molecule has 1 N–H and O–H groups in total. The number of nitrogens with one attached hydrogen (secondary N) is 1. The van der Waals surface area contributed by atoms with E-state index in [2.05, 4.69) is 28.3 Å². The minimum absolute atomic E-state index is 0.819. The smallest absolute Gasteiger partial charge is 0.137 e. The Labute approximate surface area is 120 Å². The predicted octanol–water partition coefficient (Wildman–Crippen LogP) is 3.51. The van der Waals surface area contributed by atoms with Gasteiger partial charge in [-0.25, -0.2) is 9.97 Å². The van der Waals surface area contributed by atoms with E-state index in [4.69, 9.17) is 0 Å². The highest BCUT2D eigenvalue weighted by molar-refractivity contribution is 5.43. The number of imidazole rings is 1. The SMILES string of the molecule is CC1CCC(CNc2ccc(-n3ccnc3)nc2)CC1. The average molecular weight is 270 g/mol. The normalized spacial score (nSPS) is 22.6. The molecule has 0 atom stereocenters. The Kier molecular flexibility index (Phi) is 4.00. The minimum Gasteiger partial charge on any atom is -0.384 e. The molecule has 4 heteroatoms. The van der Waals surface area contributed by atoms with Gasteiger partial charge in [0, 0.05) is 18.9 Å². The fourth-order valence-electron chi connectivity index (χ4n) is 2.83. The van der Waals surface area contributed by atoms with Gasteiger partial charge in [-0.05, 0) is 36.8 Å². The van der Waals surface area contributed by atoms with E-state index in [0.717, 1.165) is 29.9 Å². The number of nitrogens with zero attached hydrogens (tertiary/aromatic N) is 3. The first kappa shape index (κ1) is 13.2. The molecule has 0 aromatic carbocycles. The summed E-state index contributed by atoms with van der Waals surface area (Å²) in [6, 6.07) is 4.11. The third kappa shape index (κ3) is 3.18. The molecule has 2 aromatic rings. The zero-order valence-electron chi connectivity index (χ0n) is 12.0. The van der Waals surface area contributed by atoms with E-state index in [9.17, 15) is 0 Å². The summed E-state index contributed by atoms with van der Waals surface area (Å²) < 4.78 is 1.91. The van der Waals surface area contributed by atoms with Gasteiger partial charge in [0.1, 0.15) is 12.1 Å². The standard InChI is InChI=1S/C16H22N4/c1-13-2-4-14(5-3-13)10-18-15-6-7-16(19-11-15)20-9-8-17-12-20/h6-9,11-14,18H,2-5,10H2,1H3. The van der Waals surface area contributed by atoms with Gasteiger partial charge in [0.15, 0.2) is 0 Å². The molecule has 1 fully saturated rings. The molecule has 0 unspecified atom stereocenters. The molecule has 0 spiro atoms. The van der Waals surface area contributed by atoms with Crippen LogP contribution < -0.4 is 5.32 Å². The van der Waals surface area contributed by atoms with E-state index in [0.29, 0.717) is 0 Å². The molecule has 2 aromatic heterocycles. The first-order valence-corrected chi connectivity index (χ1v) is 7.49. The summed E-state index contributed by atoms with van der Waals surface area (Å²) in [5, 5.41) is 3.51. The summed E-state index contributed by atoms with van der Waals surface area (Å²) in [4.78, 5) is 8.49. The van der Waals surface area contributed by atoms with Crippen LogP contribution in [0.3, 0.4) is 0 Å². The van der Waals surface area contributed by atoms with Gasteiger partial charge in [0.25, 0.3) is 0 Å². The van der Waals surface area contributed by atoms with Crippen LogP contribution in [0.5, 0.6) is 0 Å². The van der Waals surface area contributed by atoms with Crippen LogP contribution in [0.15, 0.2) is 37.1 Å². The summed E-state index contributed by atoms with van der Waals surface area (Å²) in [5.41, 5.74) is 1.10. The lowest BCUT2D eigenvalue weighted by Crippen LogP contribution is -2.20. The highest BCUT2D eigenvalue weighted by atomic mass is 15.1. The lowest BCUT2D eigenvalue weighted by molar-refractivity contribution is 0.300. The van der Waals surface area contributed by atoms with Crippen molar-refractivity contribution >= 4 is 5.69 Å². The molecular weight excluding hydrogens is 248 g/mol. The van der Waals surface area contributed by atoms with Crippen molar-refractivity contribution in [1.29, 1.82) is 0 Å². The first-order valence-electron chi connectivity index (χ1n) is 7.49. The zero-order chi connectivity index (χ0) is 13.8. The summed E-state index contributed by atoms with van der Waals surface area (Å²) in [7, 11) is 0. The molecule has 0 radical (unpaired) electrons. The van der Waals surface area contributed by atoms with Crippen molar-refractivity contribution in [3.05, 3.63) is 37.1 Å². The summed E-state index contributed by atoms with van der Waals surface area (Å²) in [5.74, 6) is 2.64. The maximum absolute atomic E-state index is 4.46. The van der Waals surface area contributed by atoms with Gasteiger partial charge in [0.05, 0.1) is 11.9 Å². The van der Waals surface area contributed by atoms with Gasteiger partial charge < -0.3 is 5.32 Å². The van der Waals surface area contributed by atoms with Crippen molar-refractivity contribution in [3.63, 3.8) is 0 Å². The maximum Gasteiger partial charge on any atom is 0.137 e. The fraction of sp³-hybridized carbons (Fsp3) is 0.500. The molecule has 3 rings (SSSR count). The van der Waals surface area contributed by atoms with Crippen LogP contribution in [-0.2, 0) is 0 Å². The number of pyridine rings is 1. The van der Waals surface area contributed by atoms with Crippen molar-refractivity contribution in [2.45, 2.75) is 32.6 Å². The molecule has 0 aliphatic heterocycles. The van der Waals surface area contributed by atoms with Crippen LogP contribution in [0.2, 0.25) is 0 Å². The van der Waals surface area contributed by atoms with Gasteiger partial charge in [0.2, 0.25) is 0 Å². The van der Waals surface area contributed by atoms with E-state index < -0.39 is 0 Å². The third-order valence-corrected chi connectivity index (χ3v) is 4.25. The lowest BCUT2D eigenvalue weighted by atomic mass is 9.83. The molecular formula is C16H22N4. The Morgan fingerprint density at radius 1 is 1.25 bits per heavy atom. The molecule has 20 heavy (non-hydrogen) atoms. The second-order valence-corrected chi connectivity index (χ2v) is 5.88. The Balaban J connectivity index is 1.53. The lowest BCUT2D eigenvalue weighted by Gasteiger charge is -2.26. The summed E-state index contributed by atoms with van der Waals surface area (Å²) in [6.45, 7) is 3.43. The molecule has 0 saturated heterocycles. The molecule has 1 saturated carbocycles.